The first-order chi connectivity index (χ1) is 11.3. The van der Waals surface area contributed by atoms with Gasteiger partial charge in [-0.25, -0.2) is 0 Å². The molecular weight excluding hydrogens is 414 g/mol. The van der Waals surface area contributed by atoms with Crippen LogP contribution in [-0.4, -0.2) is 41.9 Å². The molecule has 0 aromatic heterocycles. The second-order valence-corrected chi connectivity index (χ2v) is 7.05. The van der Waals surface area contributed by atoms with Gasteiger partial charge in [0.05, 0.1) is 0 Å². The second kappa shape index (κ2) is 7.68. The molecule has 0 aliphatic rings. The normalized spacial score (nSPS) is 15.4. The van der Waals surface area contributed by atoms with E-state index in [2.05, 4.69) is 0 Å². The Hall–Kier alpha value is -0.790. The van der Waals surface area contributed by atoms with Crippen LogP contribution in [0.1, 0.15) is 45.4 Å². The van der Waals surface area contributed by atoms with Crippen molar-refractivity contribution in [1.82, 2.24) is 0 Å². The van der Waals surface area contributed by atoms with E-state index in [9.17, 15) is 52.3 Å². The molecule has 0 aliphatic heterocycles. The molecule has 0 atom stereocenters. The minimum atomic E-state index is -7.53. The molecule has 1 N–H and O–H groups in total. The topological polar surface area (TPSA) is 54.4 Å². The monoisotopic (exact) mass is 430 g/mol. The summed E-state index contributed by atoms with van der Waals surface area (Å²) in [6, 6.07) is 0. The van der Waals surface area contributed by atoms with Gasteiger partial charge in [-0.3, -0.25) is 4.55 Å². The van der Waals surface area contributed by atoms with Crippen molar-refractivity contribution in [2.75, 3.05) is 0 Å². The van der Waals surface area contributed by atoms with E-state index in [1.807, 2.05) is 0 Å². The molecule has 0 rings (SSSR count). The highest BCUT2D eigenvalue weighted by Gasteiger charge is 2.88. The lowest BCUT2D eigenvalue weighted by molar-refractivity contribution is -0.390. The van der Waals surface area contributed by atoms with E-state index >= 15 is 0 Å². The zero-order valence-electron chi connectivity index (χ0n) is 13.2. The van der Waals surface area contributed by atoms with Gasteiger partial charge in [-0.15, -0.1) is 0 Å². The Bertz CT molecular complexity index is 574. The first kappa shape index (κ1) is 25.2. The molecule has 0 radical (unpaired) electrons. The zero-order chi connectivity index (χ0) is 21.2. The smallest absolute Gasteiger partial charge is 0.281 e. The molecular formula is C12H16F10O3S. The van der Waals surface area contributed by atoms with Crippen LogP contribution in [0.5, 0.6) is 0 Å². The van der Waals surface area contributed by atoms with E-state index in [0.29, 0.717) is 12.8 Å². The van der Waals surface area contributed by atoms with Crippen LogP contribution in [-0.2, 0) is 10.1 Å². The van der Waals surface area contributed by atoms with Gasteiger partial charge in [0.25, 0.3) is 0 Å². The molecule has 0 spiro atoms. The van der Waals surface area contributed by atoms with Crippen molar-refractivity contribution in [2.45, 2.75) is 74.4 Å². The van der Waals surface area contributed by atoms with Crippen molar-refractivity contribution < 1.29 is 56.9 Å². The largest absolute Gasteiger partial charge is 0.438 e. The summed E-state index contributed by atoms with van der Waals surface area (Å²) in [4.78, 5) is 0. The van der Waals surface area contributed by atoms with Gasteiger partial charge in [-0.05, 0) is 6.42 Å². The fourth-order valence-electron chi connectivity index (χ4n) is 1.88. The van der Waals surface area contributed by atoms with E-state index in [1.165, 1.54) is 0 Å². The summed E-state index contributed by atoms with van der Waals surface area (Å²) in [5.74, 6) is -27.9. The summed E-state index contributed by atoms with van der Waals surface area (Å²) in [5, 5.41) is -7.13. The van der Waals surface area contributed by atoms with Gasteiger partial charge < -0.3 is 0 Å². The average molecular weight is 430 g/mol. The SMILES string of the molecule is CCCCCCCC(F)(F)C(F)(F)C(F)(F)C(F)(F)C(F)(F)S(=O)(=O)O. The quantitative estimate of drug-likeness (QED) is 0.273. The summed E-state index contributed by atoms with van der Waals surface area (Å²) in [7, 11) is -7.32. The number of rotatable bonds is 11. The molecule has 158 valence electrons. The maximum atomic E-state index is 13.4. The van der Waals surface area contributed by atoms with Gasteiger partial charge in [0.2, 0.25) is 0 Å². The Morgan fingerprint density at radius 1 is 0.692 bits per heavy atom. The number of halogens is 10. The molecule has 0 aromatic carbocycles. The van der Waals surface area contributed by atoms with Crippen molar-refractivity contribution in [3.8, 4) is 0 Å². The fourth-order valence-corrected chi connectivity index (χ4v) is 2.33. The molecule has 0 heterocycles. The molecule has 0 saturated heterocycles. The van der Waals surface area contributed by atoms with Crippen molar-refractivity contribution in [1.29, 1.82) is 0 Å². The first-order valence-corrected chi connectivity index (χ1v) is 8.61. The number of hydrogen-bond donors (Lipinski definition) is 1. The molecule has 0 amide bonds. The number of alkyl halides is 10. The summed E-state index contributed by atoms with van der Waals surface area (Å²) in [6.07, 6.45) is -1.59. The molecule has 26 heavy (non-hydrogen) atoms. The Labute approximate surface area is 142 Å². The van der Waals surface area contributed by atoms with Crippen LogP contribution in [0.3, 0.4) is 0 Å². The molecule has 14 heteroatoms. The highest BCUT2D eigenvalue weighted by Crippen LogP contribution is 2.58. The van der Waals surface area contributed by atoms with Crippen molar-refractivity contribution in [3.05, 3.63) is 0 Å². The summed E-state index contributed by atoms with van der Waals surface area (Å²) in [5.41, 5.74) is 0. The lowest BCUT2D eigenvalue weighted by atomic mass is 9.94. The number of hydrogen-bond acceptors (Lipinski definition) is 2. The Morgan fingerprint density at radius 2 is 1.12 bits per heavy atom. The molecule has 0 bridgehead atoms. The van der Waals surface area contributed by atoms with Crippen molar-refractivity contribution in [2.24, 2.45) is 0 Å². The van der Waals surface area contributed by atoms with Gasteiger partial charge in [0.15, 0.2) is 0 Å². The predicted molar refractivity (Wildman–Crippen MR) is 69.7 cm³/mol. The maximum absolute atomic E-state index is 13.4. The predicted octanol–water partition coefficient (Wildman–Crippen LogP) is 5.37. The van der Waals surface area contributed by atoms with Crippen LogP contribution in [0.4, 0.5) is 43.9 Å². The third kappa shape index (κ3) is 4.20. The minimum absolute atomic E-state index is 0.136. The van der Waals surface area contributed by atoms with Crippen LogP contribution in [0, 0.1) is 0 Å². The van der Waals surface area contributed by atoms with E-state index in [-0.39, 0.29) is 12.8 Å². The van der Waals surface area contributed by atoms with Gasteiger partial charge in [0.1, 0.15) is 0 Å². The first-order valence-electron chi connectivity index (χ1n) is 7.17. The Kier molecular flexibility index (Phi) is 7.45. The molecule has 0 aliphatic carbocycles. The van der Waals surface area contributed by atoms with Gasteiger partial charge in [-0.1, -0.05) is 32.6 Å². The standard InChI is InChI=1S/C12H16F10O3S/c1-2-3-4-5-6-7-8(13,14)9(15,16)10(17,18)11(19,20)12(21,22)26(23,24)25/h2-7H2,1H3,(H,23,24,25). The van der Waals surface area contributed by atoms with Gasteiger partial charge in [-0.2, -0.15) is 52.3 Å². The molecule has 0 aromatic rings. The third-order valence-electron chi connectivity index (χ3n) is 3.53. The molecule has 0 fully saturated rings. The summed E-state index contributed by atoms with van der Waals surface area (Å²) in [6.45, 7) is 1.71. The third-order valence-corrected chi connectivity index (χ3v) is 4.44. The fraction of sp³-hybridized carbons (Fsp3) is 1.00. The Morgan fingerprint density at radius 3 is 1.50 bits per heavy atom. The van der Waals surface area contributed by atoms with E-state index in [0.717, 1.165) is 0 Å². The van der Waals surface area contributed by atoms with Gasteiger partial charge >= 0.3 is 39.1 Å². The van der Waals surface area contributed by atoms with E-state index < -0.39 is 51.9 Å². The second-order valence-electron chi connectivity index (χ2n) is 5.58. The lowest BCUT2D eigenvalue weighted by Crippen LogP contribution is -2.68. The van der Waals surface area contributed by atoms with E-state index in [1.54, 1.807) is 6.92 Å². The van der Waals surface area contributed by atoms with Gasteiger partial charge in [0, 0.05) is 6.42 Å². The average Bonchev–Trinajstić information content (AvgIpc) is 2.44. The van der Waals surface area contributed by atoms with Crippen LogP contribution >= 0.6 is 0 Å². The Balaban J connectivity index is 5.71. The lowest BCUT2D eigenvalue weighted by Gasteiger charge is -2.38. The molecule has 0 saturated carbocycles. The summed E-state index contributed by atoms with van der Waals surface area (Å²) >= 11 is 0. The molecule has 3 nitrogen and oxygen atoms in total. The van der Waals surface area contributed by atoms with Crippen LogP contribution in [0.25, 0.3) is 0 Å². The van der Waals surface area contributed by atoms with Crippen molar-refractivity contribution in [3.63, 3.8) is 0 Å². The zero-order valence-corrected chi connectivity index (χ0v) is 14.0. The summed E-state index contributed by atoms with van der Waals surface area (Å²) < 4.78 is 160. The van der Waals surface area contributed by atoms with Crippen molar-refractivity contribution >= 4 is 10.1 Å². The van der Waals surface area contributed by atoms with Crippen LogP contribution in [0.2, 0.25) is 0 Å². The van der Waals surface area contributed by atoms with E-state index in [4.69, 9.17) is 4.55 Å². The highest BCUT2D eigenvalue weighted by molar-refractivity contribution is 7.87. The van der Waals surface area contributed by atoms with Crippen LogP contribution in [0.15, 0.2) is 0 Å². The highest BCUT2D eigenvalue weighted by atomic mass is 32.2. The maximum Gasteiger partial charge on any atom is 0.438 e. The molecule has 0 unspecified atom stereocenters. The number of unbranched alkanes of at least 4 members (excludes halogenated alkanes) is 4. The van der Waals surface area contributed by atoms with Crippen LogP contribution < -0.4 is 0 Å². The minimum Gasteiger partial charge on any atom is -0.281 e.